The molecule has 4 rings (SSSR count). The Labute approximate surface area is 194 Å². The molecule has 1 N–H and O–H groups in total. The summed E-state index contributed by atoms with van der Waals surface area (Å²) in [6.07, 6.45) is 0. The monoisotopic (exact) mass is 471 g/mol. The molecule has 0 unspecified atom stereocenters. The van der Waals surface area contributed by atoms with Gasteiger partial charge in [0.2, 0.25) is 16.0 Å². The van der Waals surface area contributed by atoms with Crippen molar-refractivity contribution in [2.75, 3.05) is 36.4 Å². The molecule has 2 aromatic carbocycles. The fraction of sp³-hybridized carbons (Fsp3) is 0.304. The molecule has 2 heterocycles. The van der Waals surface area contributed by atoms with Crippen molar-refractivity contribution >= 4 is 39.1 Å². The van der Waals surface area contributed by atoms with E-state index < -0.39 is 10.0 Å². The summed E-state index contributed by atoms with van der Waals surface area (Å²) >= 11 is 6.00. The van der Waals surface area contributed by atoms with E-state index in [1.165, 1.54) is 5.56 Å². The second kappa shape index (κ2) is 9.44. The molecule has 9 heteroatoms. The number of aromatic nitrogens is 2. The van der Waals surface area contributed by atoms with E-state index >= 15 is 0 Å². The van der Waals surface area contributed by atoms with Crippen molar-refractivity contribution in [1.82, 2.24) is 14.3 Å². The van der Waals surface area contributed by atoms with Crippen molar-refractivity contribution in [3.63, 3.8) is 0 Å². The molecule has 0 saturated carbocycles. The highest BCUT2D eigenvalue weighted by molar-refractivity contribution is 7.88. The van der Waals surface area contributed by atoms with Crippen molar-refractivity contribution in [2.24, 2.45) is 0 Å². The molecule has 0 radical (unpaired) electrons. The van der Waals surface area contributed by atoms with Gasteiger partial charge in [0, 0.05) is 48.6 Å². The number of hydrogen-bond acceptors (Lipinski definition) is 6. The van der Waals surface area contributed by atoms with Gasteiger partial charge in [0.25, 0.3) is 0 Å². The van der Waals surface area contributed by atoms with Crippen LogP contribution in [-0.4, -0.2) is 48.9 Å². The Morgan fingerprint density at radius 3 is 2.38 bits per heavy atom. The van der Waals surface area contributed by atoms with E-state index in [2.05, 4.69) is 20.2 Å². The topological polar surface area (TPSA) is 78.4 Å². The lowest BCUT2D eigenvalue weighted by molar-refractivity contribution is 0.383. The van der Waals surface area contributed by atoms with Gasteiger partial charge in [-0.15, -0.1) is 0 Å². The quantitative estimate of drug-likeness (QED) is 0.582. The Morgan fingerprint density at radius 1 is 0.969 bits per heavy atom. The molecule has 1 aromatic heterocycles. The zero-order valence-corrected chi connectivity index (χ0v) is 19.7. The highest BCUT2D eigenvalue weighted by atomic mass is 35.5. The van der Waals surface area contributed by atoms with Crippen LogP contribution in [0.2, 0.25) is 5.02 Å². The molecule has 7 nitrogen and oxygen atoms in total. The van der Waals surface area contributed by atoms with Crippen LogP contribution in [0.25, 0.3) is 0 Å². The minimum atomic E-state index is -3.42. The van der Waals surface area contributed by atoms with E-state index in [9.17, 15) is 8.42 Å². The van der Waals surface area contributed by atoms with E-state index in [4.69, 9.17) is 11.6 Å². The number of anilines is 3. The maximum atomic E-state index is 12.9. The largest absolute Gasteiger partial charge is 0.354 e. The van der Waals surface area contributed by atoms with E-state index in [0.29, 0.717) is 42.7 Å². The third-order valence-electron chi connectivity index (χ3n) is 5.34. The third-order valence-corrected chi connectivity index (χ3v) is 7.43. The highest BCUT2D eigenvalue weighted by Crippen LogP contribution is 2.22. The zero-order valence-electron chi connectivity index (χ0n) is 18.1. The van der Waals surface area contributed by atoms with Crippen LogP contribution in [-0.2, 0) is 15.8 Å². The second-order valence-corrected chi connectivity index (χ2v) is 10.4. The highest BCUT2D eigenvalue weighted by Gasteiger charge is 2.28. The first-order valence-electron chi connectivity index (χ1n) is 10.5. The van der Waals surface area contributed by atoms with Crippen LogP contribution < -0.4 is 10.2 Å². The zero-order chi connectivity index (χ0) is 22.7. The fourth-order valence-corrected chi connectivity index (χ4v) is 5.38. The van der Waals surface area contributed by atoms with Gasteiger partial charge in [0.15, 0.2) is 0 Å². The van der Waals surface area contributed by atoms with Crippen LogP contribution in [0.4, 0.5) is 17.5 Å². The minimum absolute atomic E-state index is 0.0508. The summed E-state index contributed by atoms with van der Waals surface area (Å²) in [5.41, 5.74) is 3.65. The summed E-state index contributed by atoms with van der Waals surface area (Å²) in [5, 5.41) is 3.79. The number of nitrogens with zero attached hydrogens (tertiary/aromatic N) is 4. The summed E-state index contributed by atoms with van der Waals surface area (Å²) in [5.74, 6) is 1.27. The van der Waals surface area contributed by atoms with Gasteiger partial charge in [-0.2, -0.15) is 9.29 Å². The molecular weight excluding hydrogens is 446 g/mol. The lowest BCUT2D eigenvalue weighted by Gasteiger charge is -2.34. The molecule has 3 aromatic rings. The van der Waals surface area contributed by atoms with Crippen LogP contribution in [0.15, 0.2) is 54.6 Å². The first-order chi connectivity index (χ1) is 15.3. The average Bonchev–Trinajstić information content (AvgIpc) is 2.75. The molecular formula is C23H26ClN5O2S. The Balaban J connectivity index is 1.42. The maximum absolute atomic E-state index is 12.9. The predicted molar refractivity (Wildman–Crippen MR) is 129 cm³/mol. The SMILES string of the molecule is Cc1ccc(Nc2nc(C)cc(N3CCN(S(=O)(=O)Cc4cccc(Cl)c4)CC3)n2)cc1. The van der Waals surface area contributed by atoms with Gasteiger partial charge in [-0.3, -0.25) is 0 Å². The number of hydrogen-bond donors (Lipinski definition) is 1. The average molecular weight is 472 g/mol. The standard InChI is InChI=1S/C23H26ClN5O2S/c1-17-6-8-21(9-7-17)26-23-25-18(2)14-22(27-23)28-10-12-29(13-11-28)32(30,31)16-19-4-3-5-20(24)15-19/h3-9,14-15H,10-13,16H2,1-2H3,(H,25,26,27). The molecule has 1 fully saturated rings. The molecule has 0 amide bonds. The summed E-state index contributed by atoms with van der Waals surface area (Å²) in [6, 6.07) is 17.0. The van der Waals surface area contributed by atoms with Crippen molar-refractivity contribution in [2.45, 2.75) is 19.6 Å². The van der Waals surface area contributed by atoms with Crippen LogP contribution in [0, 0.1) is 13.8 Å². The van der Waals surface area contributed by atoms with Gasteiger partial charge >= 0.3 is 0 Å². The number of benzene rings is 2. The van der Waals surface area contributed by atoms with Crippen molar-refractivity contribution in [3.8, 4) is 0 Å². The first-order valence-corrected chi connectivity index (χ1v) is 12.4. The summed E-state index contributed by atoms with van der Waals surface area (Å²) < 4.78 is 27.3. The van der Waals surface area contributed by atoms with E-state index in [-0.39, 0.29) is 5.75 Å². The Hall–Kier alpha value is -2.68. The number of sulfonamides is 1. The van der Waals surface area contributed by atoms with Crippen LogP contribution >= 0.6 is 11.6 Å². The van der Waals surface area contributed by atoms with Gasteiger partial charge in [-0.25, -0.2) is 13.4 Å². The van der Waals surface area contributed by atoms with Crippen molar-refractivity contribution in [3.05, 3.63) is 76.4 Å². The summed E-state index contributed by atoms with van der Waals surface area (Å²) in [7, 11) is -3.42. The van der Waals surface area contributed by atoms with Gasteiger partial charge in [0.05, 0.1) is 5.75 Å². The minimum Gasteiger partial charge on any atom is -0.354 e. The molecule has 1 aliphatic rings. The smallest absolute Gasteiger partial charge is 0.229 e. The van der Waals surface area contributed by atoms with E-state index in [0.717, 1.165) is 17.2 Å². The van der Waals surface area contributed by atoms with Gasteiger partial charge in [-0.1, -0.05) is 41.4 Å². The number of aryl methyl sites for hydroxylation is 2. The van der Waals surface area contributed by atoms with Gasteiger partial charge in [0.1, 0.15) is 5.82 Å². The Bertz CT molecular complexity index is 1190. The molecule has 0 spiro atoms. The molecule has 0 atom stereocenters. The van der Waals surface area contributed by atoms with Gasteiger partial charge in [-0.05, 0) is 43.7 Å². The predicted octanol–water partition coefficient (Wildman–Crippen LogP) is 4.14. The Kier molecular flexibility index (Phi) is 6.64. The summed E-state index contributed by atoms with van der Waals surface area (Å²) in [6.45, 7) is 5.92. The first kappa shape index (κ1) is 22.5. The number of rotatable bonds is 6. The maximum Gasteiger partial charge on any atom is 0.229 e. The Morgan fingerprint density at radius 2 is 1.69 bits per heavy atom. The van der Waals surface area contributed by atoms with Crippen LogP contribution in [0.1, 0.15) is 16.8 Å². The molecule has 0 aliphatic carbocycles. The molecule has 1 saturated heterocycles. The van der Waals surface area contributed by atoms with Crippen molar-refractivity contribution in [1.29, 1.82) is 0 Å². The molecule has 32 heavy (non-hydrogen) atoms. The second-order valence-electron chi connectivity index (χ2n) is 7.95. The van der Waals surface area contributed by atoms with Gasteiger partial charge < -0.3 is 10.2 Å². The van der Waals surface area contributed by atoms with Crippen LogP contribution in [0.3, 0.4) is 0 Å². The normalized spacial score (nSPS) is 15.0. The fourth-order valence-electron chi connectivity index (χ4n) is 3.66. The molecule has 0 bridgehead atoms. The third kappa shape index (κ3) is 5.56. The number of halogens is 1. The van der Waals surface area contributed by atoms with E-state index in [1.54, 1.807) is 28.6 Å². The lowest BCUT2D eigenvalue weighted by Crippen LogP contribution is -2.49. The van der Waals surface area contributed by atoms with E-state index in [1.807, 2.05) is 44.2 Å². The molecule has 168 valence electrons. The van der Waals surface area contributed by atoms with Crippen LogP contribution in [0.5, 0.6) is 0 Å². The summed E-state index contributed by atoms with van der Waals surface area (Å²) in [4.78, 5) is 11.2. The lowest BCUT2D eigenvalue weighted by atomic mass is 10.2. The number of nitrogens with one attached hydrogen (secondary N) is 1. The number of piperazine rings is 1. The van der Waals surface area contributed by atoms with Crippen molar-refractivity contribution < 1.29 is 8.42 Å². The molecule has 1 aliphatic heterocycles.